The number of carbonyl (C=O) groups excluding carboxylic acids is 2. The molecule has 7 heteroatoms. The van der Waals surface area contributed by atoms with Gasteiger partial charge in [-0.1, -0.05) is 23.7 Å². The van der Waals surface area contributed by atoms with Crippen LogP contribution in [0, 0.1) is 5.92 Å². The molecule has 29 heavy (non-hydrogen) atoms. The van der Waals surface area contributed by atoms with Crippen LogP contribution in [0.15, 0.2) is 47.1 Å². The van der Waals surface area contributed by atoms with Gasteiger partial charge in [0.2, 0.25) is 11.8 Å². The Labute approximate surface area is 176 Å². The van der Waals surface area contributed by atoms with E-state index in [0.717, 1.165) is 43.4 Å². The molecule has 2 aliphatic heterocycles. The van der Waals surface area contributed by atoms with Gasteiger partial charge in [-0.25, -0.2) is 0 Å². The first-order valence-electron chi connectivity index (χ1n) is 10.1. The molecule has 0 radical (unpaired) electrons. The number of amides is 2. The largest absolute Gasteiger partial charge is 0.467 e. The molecule has 1 aromatic carbocycles. The molecule has 2 amide bonds. The maximum absolute atomic E-state index is 13.0. The molecule has 0 aliphatic carbocycles. The zero-order valence-electron chi connectivity index (χ0n) is 16.4. The maximum atomic E-state index is 13.0. The minimum absolute atomic E-state index is 0.0268. The third kappa shape index (κ3) is 5.00. The Kier molecular flexibility index (Phi) is 6.21. The normalized spacial score (nSPS) is 20.9. The highest BCUT2D eigenvalue weighted by Gasteiger charge is 2.37. The summed E-state index contributed by atoms with van der Waals surface area (Å²) in [5.74, 6) is 0.631. The molecular weight excluding hydrogens is 390 g/mol. The van der Waals surface area contributed by atoms with E-state index >= 15 is 0 Å². The highest BCUT2D eigenvalue weighted by atomic mass is 35.5. The quantitative estimate of drug-likeness (QED) is 0.753. The van der Waals surface area contributed by atoms with Crippen molar-refractivity contribution in [2.75, 3.05) is 32.7 Å². The van der Waals surface area contributed by atoms with Crippen LogP contribution in [0.5, 0.6) is 0 Å². The highest BCUT2D eigenvalue weighted by Crippen LogP contribution is 2.23. The van der Waals surface area contributed by atoms with Crippen molar-refractivity contribution in [1.82, 2.24) is 14.7 Å². The molecule has 0 saturated carbocycles. The van der Waals surface area contributed by atoms with E-state index in [4.69, 9.17) is 16.0 Å². The molecule has 2 saturated heterocycles. The van der Waals surface area contributed by atoms with Gasteiger partial charge in [-0.2, -0.15) is 0 Å². The van der Waals surface area contributed by atoms with Crippen LogP contribution in [0.4, 0.5) is 0 Å². The molecule has 2 fully saturated rings. The van der Waals surface area contributed by atoms with Gasteiger partial charge < -0.3 is 14.2 Å². The lowest BCUT2D eigenvalue weighted by Crippen LogP contribution is -2.39. The van der Waals surface area contributed by atoms with Gasteiger partial charge in [0.25, 0.3) is 0 Å². The van der Waals surface area contributed by atoms with E-state index in [1.807, 2.05) is 41.3 Å². The molecule has 2 aliphatic rings. The molecule has 1 aromatic heterocycles. The predicted molar refractivity (Wildman–Crippen MR) is 110 cm³/mol. The summed E-state index contributed by atoms with van der Waals surface area (Å²) in [7, 11) is 0. The second kappa shape index (κ2) is 9.01. The van der Waals surface area contributed by atoms with Crippen molar-refractivity contribution >= 4 is 23.4 Å². The Morgan fingerprint density at radius 1 is 1.07 bits per heavy atom. The van der Waals surface area contributed by atoms with E-state index < -0.39 is 0 Å². The lowest BCUT2D eigenvalue weighted by molar-refractivity contribution is -0.135. The lowest BCUT2D eigenvalue weighted by Gasteiger charge is -2.24. The van der Waals surface area contributed by atoms with Gasteiger partial charge in [0.15, 0.2) is 0 Å². The van der Waals surface area contributed by atoms with Crippen LogP contribution in [-0.4, -0.2) is 59.2 Å². The number of hydrogen-bond donors (Lipinski definition) is 0. The van der Waals surface area contributed by atoms with Gasteiger partial charge in [-0.15, -0.1) is 0 Å². The van der Waals surface area contributed by atoms with Crippen LogP contribution in [0.2, 0.25) is 5.02 Å². The molecule has 4 rings (SSSR count). The topological polar surface area (TPSA) is 57.0 Å². The van der Waals surface area contributed by atoms with Gasteiger partial charge >= 0.3 is 0 Å². The van der Waals surface area contributed by atoms with Crippen LogP contribution >= 0.6 is 11.6 Å². The molecule has 3 heterocycles. The molecule has 154 valence electrons. The first-order chi connectivity index (χ1) is 14.1. The fraction of sp³-hybridized carbons (Fsp3) is 0.455. The fourth-order valence-electron chi connectivity index (χ4n) is 4.14. The van der Waals surface area contributed by atoms with Crippen LogP contribution in [0.3, 0.4) is 0 Å². The smallest absolute Gasteiger partial charge is 0.228 e. The van der Waals surface area contributed by atoms with Crippen LogP contribution in [0.25, 0.3) is 0 Å². The summed E-state index contributed by atoms with van der Waals surface area (Å²) in [6.07, 6.45) is 2.84. The van der Waals surface area contributed by atoms with Crippen LogP contribution in [0.1, 0.15) is 24.2 Å². The summed E-state index contributed by atoms with van der Waals surface area (Å²) < 4.78 is 5.34. The number of nitrogens with zero attached hydrogens (tertiary/aromatic N) is 3. The molecule has 0 spiro atoms. The zero-order chi connectivity index (χ0) is 20.2. The molecule has 6 nitrogen and oxygen atoms in total. The zero-order valence-corrected chi connectivity index (χ0v) is 17.2. The summed E-state index contributed by atoms with van der Waals surface area (Å²) in [5.41, 5.74) is 1.23. The van der Waals surface area contributed by atoms with Crippen molar-refractivity contribution in [2.45, 2.75) is 25.9 Å². The summed E-state index contributed by atoms with van der Waals surface area (Å²) in [6, 6.07) is 11.6. The molecule has 0 N–H and O–H groups in total. The number of likely N-dealkylation sites (tertiary alicyclic amines) is 1. The average Bonchev–Trinajstić information content (AvgIpc) is 3.29. The first-order valence-corrected chi connectivity index (χ1v) is 10.5. The van der Waals surface area contributed by atoms with E-state index in [-0.39, 0.29) is 17.7 Å². The maximum Gasteiger partial charge on any atom is 0.228 e. The Balaban J connectivity index is 1.30. The third-order valence-electron chi connectivity index (χ3n) is 5.71. The van der Waals surface area contributed by atoms with Gasteiger partial charge in [0, 0.05) is 50.7 Å². The Morgan fingerprint density at radius 3 is 2.66 bits per heavy atom. The molecular formula is C22H26ClN3O3. The summed E-state index contributed by atoms with van der Waals surface area (Å²) in [4.78, 5) is 31.4. The van der Waals surface area contributed by atoms with Crippen molar-refractivity contribution in [2.24, 2.45) is 5.92 Å². The second-order valence-corrected chi connectivity index (χ2v) is 8.27. The van der Waals surface area contributed by atoms with Crippen LogP contribution in [-0.2, 0) is 22.7 Å². The van der Waals surface area contributed by atoms with Gasteiger partial charge in [0.05, 0.1) is 18.7 Å². The molecule has 0 bridgehead atoms. The van der Waals surface area contributed by atoms with E-state index in [0.29, 0.717) is 26.1 Å². The number of carbonyl (C=O) groups is 2. The van der Waals surface area contributed by atoms with Gasteiger partial charge in [-0.05, 0) is 36.2 Å². The van der Waals surface area contributed by atoms with Gasteiger partial charge in [-0.3, -0.25) is 14.5 Å². The van der Waals surface area contributed by atoms with E-state index in [1.165, 1.54) is 5.56 Å². The predicted octanol–water partition coefficient (Wildman–Crippen LogP) is 3.02. The third-order valence-corrected chi connectivity index (χ3v) is 5.96. The molecule has 1 unspecified atom stereocenters. The fourth-order valence-corrected chi connectivity index (χ4v) is 4.26. The SMILES string of the molecule is O=C1CC(C(=O)N2CCCN(Cc3ccc(Cl)cc3)CC2)CN1Cc1ccco1. The number of hydrogen-bond acceptors (Lipinski definition) is 4. The number of furan rings is 1. The lowest BCUT2D eigenvalue weighted by atomic mass is 10.1. The number of halogens is 1. The Hall–Kier alpha value is -2.31. The van der Waals surface area contributed by atoms with Gasteiger partial charge in [0.1, 0.15) is 5.76 Å². The van der Waals surface area contributed by atoms with E-state index in [9.17, 15) is 9.59 Å². The van der Waals surface area contributed by atoms with Crippen molar-refractivity contribution in [3.05, 3.63) is 59.0 Å². The summed E-state index contributed by atoms with van der Waals surface area (Å²) in [6.45, 7) is 5.02. The standard InChI is InChI=1S/C22H26ClN3O3/c23-19-6-4-17(5-7-19)14-24-8-2-9-25(11-10-24)22(28)18-13-21(27)26(15-18)16-20-3-1-12-29-20/h1,3-7,12,18H,2,8-11,13-16H2. The molecule has 2 aromatic rings. The average molecular weight is 416 g/mol. The van der Waals surface area contributed by atoms with E-state index in [2.05, 4.69) is 4.90 Å². The summed E-state index contributed by atoms with van der Waals surface area (Å²) in [5, 5.41) is 0.744. The van der Waals surface area contributed by atoms with E-state index in [1.54, 1.807) is 11.2 Å². The van der Waals surface area contributed by atoms with Crippen molar-refractivity contribution < 1.29 is 14.0 Å². The Morgan fingerprint density at radius 2 is 1.90 bits per heavy atom. The van der Waals surface area contributed by atoms with Crippen molar-refractivity contribution in [3.63, 3.8) is 0 Å². The first kappa shape index (κ1) is 20.0. The minimum Gasteiger partial charge on any atom is -0.467 e. The monoisotopic (exact) mass is 415 g/mol. The number of rotatable bonds is 5. The van der Waals surface area contributed by atoms with Crippen molar-refractivity contribution in [3.8, 4) is 0 Å². The highest BCUT2D eigenvalue weighted by molar-refractivity contribution is 6.30. The second-order valence-electron chi connectivity index (χ2n) is 7.84. The summed E-state index contributed by atoms with van der Waals surface area (Å²) >= 11 is 5.97. The number of benzene rings is 1. The van der Waals surface area contributed by atoms with Crippen molar-refractivity contribution in [1.29, 1.82) is 0 Å². The Bertz CT molecular complexity index is 837. The minimum atomic E-state index is -0.250. The van der Waals surface area contributed by atoms with Crippen LogP contribution < -0.4 is 0 Å². The molecule has 1 atom stereocenters.